The van der Waals surface area contributed by atoms with Gasteiger partial charge in [-0.3, -0.25) is 9.80 Å². The van der Waals surface area contributed by atoms with Gasteiger partial charge in [0.1, 0.15) is 0 Å². The Hall–Kier alpha value is -1.54. The number of nitrogens with zero attached hydrogens (tertiary/aromatic N) is 2. The SMILES string of the molecule is O=S(=O)(c1ccc(CN2CCN(Cc3ccc(Cl)cc3)CC2)cc1)C(F)F. The highest BCUT2D eigenvalue weighted by Crippen LogP contribution is 2.20. The Morgan fingerprint density at radius 1 is 0.815 bits per heavy atom. The van der Waals surface area contributed by atoms with Gasteiger partial charge in [0, 0.05) is 44.3 Å². The molecule has 0 aromatic heterocycles. The molecule has 0 spiro atoms. The Morgan fingerprint density at radius 2 is 1.22 bits per heavy atom. The monoisotopic (exact) mass is 414 g/mol. The molecule has 0 N–H and O–H groups in total. The second kappa shape index (κ2) is 8.65. The average Bonchev–Trinajstić information content (AvgIpc) is 2.65. The van der Waals surface area contributed by atoms with Crippen LogP contribution in [0.2, 0.25) is 5.02 Å². The summed E-state index contributed by atoms with van der Waals surface area (Å²) in [5.41, 5.74) is 2.14. The Balaban J connectivity index is 1.51. The topological polar surface area (TPSA) is 40.6 Å². The first-order chi connectivity index (χ1) is 12.8. The Morgan fingerprint density at radius 3 is 1.63 bits per heavy atom. The summed E-state index contributed by atoms with van der Waals surface area (Å²) < 4.78 is 48.1. The average molecular weight is 415 g/mol. The summed E-state index contributed by atoms with van der Waals surface area (Å²) in [6.45, 7) is 5.20. The molecule has 0 radical (unpaired) electrons. The lowest BCUT2D eigenvalue weighted by molar-refractivity contribution is 0.122. The van der Waals surface area contributed by atoms with Gasteiger partial charge in [0.15, 0.2) is 0 Å². The zero-order valence-corrected chi connectivity index (χ0v) is 16.3. The Bertz CT molecular complexity index is 850. The first kappa shape index (κ1) is 20.2. The molecule has 1 heterocycles. The van der Waals surface area contributed by atoms with Crippen molar-refractivity contribution in [1.82, 2.24) is 9.80 Å². The normalized spacial score (nSPS) is 16.7. The fourth-order valence-electron chi connectivity index (χ4n) is 3.10. The minimum absolute atomic E-state index is 0.339. The molecule has 3 rings (SSSR count). The molecule has 27 heavy (non-hydrogen) atoms. The molecule has 0 atom stereocenters. The molecule has 0 aliphatic carbocycles. The van der Waals surface area contributed by atoms with Gasteiger partial charge in [-0.25, -0.2) is 8.42 Å². The molecule has 0 bridgehead atoms. The van der Waals surface area contributed by atoms with Crippen molar-refractivity contribution in [3.63, 3.8) is 0 Å². The van der Waals surface area contributed by atoms with Crippen LogP contribution in [0.5, 0.6) is 0 Å². The van der Waals surface area contributed by atoms with E-state index in [2.05, 4.69) is 9.80 Å². The van der Waals surface area contributed by atoms with Gasteiger partial charge in [0.05, 0.1) is 4.90 Å². The van der Waals surface area contributed by atoms with Crippen molar-refractivity contribution in [1.29, 1.82) is 0 Å². The number of alkyl halides is 2. The zero-order chi connectivity index (χ0) is 19.4. The van der Waals surface area contributed by atoms with Crippen molar-refractivity contribution in [3.8, 4) is 0 Å². The van der Waals surface area contributed by atoms with Gasteiger partial charge in [-0.2, -0.15) is 8.78 Å². The minimum atomic E-state index is -4.53. The van der Waals surface area contributed by atoms with Gasteiger partial charge in [0.2, 0.25) is 9.84 Å². The van der Waals surface area contributed by atoms with E-state index in [1.165, 1.54) is 17.7 Å². The van der Waals surface area contributed by atoms with E-state index in [0.717, 1.165) is 43.3 Å². The highest BCUT2D eigenvalue weighted by Gasteiger charge is 2.26. The lowest BCUT2D eigenvalue weighted by atomic mass is 10.1. The molecular weight excluding hydrogens is 394 g/mol. The number of piperazine rings is 1. The van der Waals surface area contributed by atoms with E-state index >= 15 is 0 Å². The molecule has 146 valence electrons. The second-order valence-corrected chi connectivity index (χ2v) is 8.98. The smallest absolute Gasteiger partial charge is 0.297 e. The van der Waals surface area contributed by atoms with Crippen LogP contribution in [-0.2, 0) is 22.9 Å². The molecule has 0 unspecified atom stereocenters. The number of halogens is 3. The predicted octanol–water partition coefficient (Wildman–Crippen LogP) is 3.65. The maximum atomic E-state index is 12.6. The highest BCUT2D eigenvalue weighted by atomic mass is 35.5. The number of hydrogen-bond donors (Lipinski definition) is 0. The lowest BCUT2D eigenvalue weighted by Crippen LogP contribution is -2.45. The molecule has 4 nitrogen and oxygen atoms in total. The molecular formula is C19H21ClF2N2O2S. The second-order valence-electron chi connectivity index (χ2n) is 6.63. The summed E-state index contributed by atoms with van der Waals surface area (Å²) in [5, 5.41) is 0.732. The van der Waals surface area contributed by atoms with Gasteiger partial charge in [0.25, 0.3) is 0 Å². The first-order valence-electron chi connectivity index (χ1n) is 8.65. The molecule has 1 aliphatic heterocycles. The molecule has 2 aromatic carbocycles. The van der Waals surface area contributed by atoms with E-state index in [1.807, 2.05) is 24.3 Å². The van der Waals surface area contributed by atoms with Crippen LogP contribution in [0.4, 0.5) is 8.78 Å². The molecule has 0 amide bonds. The van der Waals surface area contributed by atoms with Gasteiger partial charge in [-0.05, 0) is 35.4 Å². The summed E-state index contributed by atoms with van der Waals surface area (Å²) in [6, 6.07) is 13.6. The molecule has 0 saturated carbocycles. The number of rotatable bonds is 6. The third-order valence-corrected chi connectivity index (χ3v) is 6.33. The zero-order valence-electron chi connectivity index (χ0n) is 14.7. The third kappa shape index (κ3) is 5.25. The van der Waals surface area contributed by atoms with Gasteiger partial charge in [-0.15, -0.1) is 0 Å². The van der Waals surface area contributed by atoms with E-state index in [-0.39, 0.29) is 4.90 Å². The van der Waals surface area contributed by atoms with Crippen LogP contribution in [0.15, 0.2) is 53.4 Å². The predicted molar refractivity (Wildman–Crippen MR) is 102 cm³/mol. The van der Waals surface area contributed by atoms with Crippen molar-refractivity contribution in [2.75, 3.05) is 26.2 Å². The van der Waals surface area contributed by atoms with Crippen LogP contribution in [0.1, 0.15) is 11.1 Å². The van der Waals surface area contributed by atoms with Crippen LogP contribution >= 0.6 is 11.6 Å². The van der Waals surface area contributed by atoms with Crippen LogP contribution in [-0.4, -0.2) is 50.2 Å². The largest absolute Gasteiger partial charge is 0.341 e. The number of benzene rings is 2. The summed E-state index contributed by atoms with van der Waals surface area (Å²) in [6.07, 6.45) is 0. The number of sulfone groups is 1. The van der Waals surface area contributed by atoms with Crippen molar-refractivity contribution in [2.45, 2.75) is 23.7 Å². The fourth-order valence-corrected chi connectivity index (χ4v) is 3.95. The van der Waals surface area contributed by atoms with E-state index in [1.54, 1.807) is 12.1 Å². The van der Waals surface area contributed by atoms with Crippen molar-refractivity contribution in [3.05, 3.63) is 64.7 Å². The fraction of sp³-hybridized carbons (Fsp3) is 0.368. The van der Waals surface area contributed by atoms with Gasteiger partial charge >= 0.3 is 5.76 Å². The summed E-state index contributed by atoms with van der Waals surface area (Å²) in [4.78, 5) is 4.31. The van der Waals surface area contributed by atoms with Crippen LogP contribution in [0.3, 0.4) is 0 Å². The summed E-state index contributed by atoms with van der Waals surface area (Å²) in [7, 11) is -4.53. The number of hydrogen-bond acceptors (Lipinski definition) is 4. The van der Waals surface area contributed by atoms with Crippen LogP contribution in [0.25, 0.3) is 0 Å². The van der Waals surface area contributed by atoms with E-state index in [4.69, 9.17) is 11.6 Å². The molecule has 1 saturated heterocycles. The molecule has 1 fully saturated rings. The Labute approximate surface area is 163 Å². The maximum Gasteiger partial charge on any atom is 0.341 e. The maximum absolute atomic E-state index is 12.6. The highest BCUT2D eigenvalue weighted by molar-refractivity contribution is 7.91. The van der Waals surface area contributed by atoms with E-state index in [9.17, 15) is 17.2 Å². The third-order valence-electron chi connectivity index (χ3n) is 4.68. The first-order valence-corrected chi connectivity index (χ1v) is 10.6. The van der Waals surface area contributed by atoms with E-state index in [0.29, 0.717) is 6.54 Å². The standard InChI is InChI=1S/C19H21ClF2N2O2S/c20-17-5-1-15(2-6-17)13-23-9-11-24(12-10-23)14-16-3-7-18(8-4-16)27(25,26)19(21)22/h1-8,19H,9-14H2. The summed E-state index contributed by atoms with van der Waals surface area (Å²) in [5.74, 6) is -3.39. The van der Waals surface area contributed by atoms with Gasteiger partial charge in [-0.1, -0.05) is 35.9 Å². The van der Waals surface area contributed by atoms with Crippen LogP contribution < -0.4 is 0 Å². The summed E-state index contributed by atoms with van der Waals surface area (Å²) >= 11 is 5.91. The molecule has 8 heteroatoms. The molecule has 1 aliphatic rings. The lowest BCUT2D eigenvalue weighted by Gasteiger charge is -2.34. The van der Waals surface area contributed by atoms with Crippen molar-refractivity contribution in [2.24, 2.45) is 0 Å². The molecule has 2 aromatic rings. The minimum Gasteiger partial charge on any atom is -0.297 e. The Kier molecular flexibility index (Phi) is 6.47. The van der Waals surface area contributed by atoms with Crippen molar-refractivity contribution < 1.29 is 17.2 Å². The quantitative estimate of drug-likeness (QED) is 0.723. The van der Waals surface area contributed by atoms with E-state index < -0.39 is 15.6 Å². The van der Waals surface area contributed by atoms with Crippen LogP contribution in [0, 0.1) is 0 Å². The van der Waals surface area contributed by atoms with Gasteiger partial charge < -0.3 is 0 Å². The van der Waals surface area contributed by atoms with Crippen molar-refractivity contribution >= 4 is 21.4 Å².